The molecule has 286 valence electrons. The molecule has 9 atom stereocenters. The second kappa shape index (κ2) is 15.4. The van der Waals surface area contributed by atoms with E-state index in [9.17, 15) is 12.8 Å². The van der Waals surface area contributed by atoms with Crippen LogP contribution < -0.4 is 5.32 Å². The van der Waals surface area contributed by atoms with Crippen LogP contribution in [0, 0.1) is 51.2 Å². The number of nitrogens with one attached hydrogen (secondary N) is 1. The van der Waals surface area contributed by atoms with Crippen LogP contribution in [0.25, 0.3) is 0 Å². The summed E-state index contributed by atoms with van der Waals surface area (Å²) >= 11 is 0. The molecule has 0 bridgehead atoms. The molecule has 1 N–H and O–H groups in total. The van der Waals surface area contributed by atoms with Crippen molar-refractivity contribution in [2.45, 2.75) is 144 Å². The van der Waals surface area contributed by atoms with Crippen molar-refractivity contribution in [1.82, 2.24) is 10.2 Å². The van der Waals surface area contributed by atoms with Gasteiger partial charge in [0.25, 0.3) is 0 Å². The summed E-state index contributed by atoms with van der Waals surface area (Å²) in [5, 5.41) is 4.18. The van der Waals surface area contributed by atoms with Gasteiger partial charge in [0, 0.05) is 31.7 Å². The largest absolute Gasteiger partial charge is 0.310 e. The maximum Gasteiger partial charge on any atom is 0.152 e. The molecule has 0 aromatic carbocycles. The second-order valence-corrected chi connectivity index (χ2v) is 21.0. The molecule has 0 aromatic heterocycles. The van der Waals surface area contributed by atoms with Gasteiger partial charge in [-0.05, 0) is 146 Å². The average Bonchev–Trinajstić information content (AvgIpc) is 3.51. The van der Waals surface area contributed by atoms with Gasteiger partial charge in [-0.25, -0.2) is 8.42 Å². The Bertz CT molecular complexity index is 1360. The molecule has 4 saturated carbocycles. The fraction of sp³-hybridized carbons (Fsp3) is 0.864. The minimum Gasteiger partial charge on any atom is -0.310 e. The van der Waals surface area contributed by atoms with E-state index in [-0.39, 0.29) is 23.5 Å². The molecule has 0 spiro atoms. The molecule has 1 saturated heterocycles. The SMILES string of the molecule is C=CC.CC.CC1(C)C(C2=CCC(CF)CC2)=CCC2(C)C1CCC1(C)C2CCC2[C@H]3CCCC3(NCCN3CCS(=O)(=O)CC3)CC[C@]21C. The summed E-state index contributed by atoms with van der Waals surface area (Å²) in [4.78, 5) is 2.37. The summed E-state index contributed by atoms with van der Waals surface area (Å²) in [7, 11) is -2.82. The van der Waals surface area contributed by atoms with Crippen LogP contribution in [0.5, 0.6) is 0 Å². The van der Waals surface area contributed by atoms with Crippen molar-refractivity contribution in [3.63, 3.8) is 0 Å². The van der Waals surface area contributed by atoms with E-state index >= 15 is 0 Å². The first-order valence-corrected chi connectivity index (χ1v) is 22.7. The zero-order valence-electron chi connectivity index (χ0n) is 33.5. The lowest BCUT2D eigenvalue weighted by atomic mass is 9.33. The van der Waals surface area contributed by atoms with Gasteiger partial charge in [0.2, 0.25) is 0 Å². The van der Waals surface area contributed by atoms with E-state index in [1.54, 1.807) is 17.2 Å². The van der Waals surface area contributed by atoms with E-state index in [1.807, 2.05) is 20.8 Å². The molecule has 1 heterocycles. The van der Waals surface area contributed by atoms with Crippen molar-refractivity contribution in [2.75, 3.05) is 44.4 Å². The van der Waals surface area contributed by atoms with Crippen LogP contribution in [0.15, 0.2) is 36.0 Å². The molecular weight excluding hydrogens is 640 g/mol. The number of nitrogens with zero attached hydrogens (tertiary/aromatic N) is 1. The third-order valence-electron chi connectivity index (χ3n) is 16.4. The van der Waals surface area contributed by atoms with Crippen molar-refractivity contribution >= 4 is 9.84 Å². The Hall–Kier alpha value is -0.980. The van der Waals surface area contributed by atoms with E-state index in [0.717, 1.165) is 50.1 Å². The van der Waals surface area contributed by atoms with Crippen LogP contribution in [0.1, 0.15) is 139 Å². The van der Waals surface area contributed by atoms with Gasteiger partial charge in [0.1, 0.15) is 0 Å². The quantitative estimate of drug-likeness (QED) is 0.278. The Labute approximate surface area is 307 Å². The third kappa shape index (κ3) is 6.91. The van der Waals surface area contributed by atoms with Gasteiger partial charge in [0.05, 0.1) is 18.2 Å². The maximum absolute atomic E-state index is 13.4. The molecular formula is C44H75FN2O2S. The fourth-order valence-corrected chi connectivity index (χ4v) is 15.0. The summed E-state index contributed by atoms with van der Waals surface area (Å²) in [6, 6.07) is 0. The second-order valence-electron chi connectivity index (χ2n) is 18.7. The molecule has 0 amide bonds. The molecule has 6 heteroatoms. The Morgan fingerprint density at radius 2 is 1.60 bits per heavy atom. The van der Waals surface area contributed by atoms with Crippen molar-refractivity contribution in [3.8, 4) is 0 Å². The molecule has 7 unspecified atom stereocenters. The summed E-state index contributed by atoms with van der Waals surface area (Å²) in [6.45, 7) is 25.8. The number of allylic oxidation sites excluding steroid dienone is 5. The maximum atomic E-state index is 13.4. The average molecular weight is 715 g/mol. The smallest absolute Gasteiger partial charge is 0.152 e. The zero-order valence-corrected chi connectivity index (χ0v) is 34.3. The van der Waals surface area contributed by atoms with Gasteiger partial charge in [-0.1, -0.05) is 73.1 Å². The van der Waals surface area contributed by atoms with Crippen LogP contribution in [-0.2, 0) is 9.84 Å². The van der Waals surface area contributed by atoms with Crippen molar-refractivity contribution in [1.29, 1.82) is 0 Å². The number of halogens is 1. The normalized spacial score (nSPS) is 43.1. The monoisotopic (exact) mass is 715 g/mol. The third-order valence-corrected chi connectivity index (χ3v) is 18.0. The molecule has 0 aromatic rings. The van der Waals surface area contributed by atoms with Gasteiger partial charge in [-0.15, -0.1) is 6.58 Å². The first-order valence-electron chi connectivity index (χ1n) is 20.9. The summed E-state index contributed by atoms with van der Waals surface area (Å²) in [5.41, 5.74) is 4.73. The highest BCUT2D eigenvalue weighted by Gasteiger charge is 2.69. The van der Waals surface area contributed by atoms with E-state index in [0.29, 0.717) is 46.8 Å². The lowest BCUT2D eigenvalue weighted by Gasteiger charge is -2.72. The Morgan fingerprint density at radius 1 is 0.900 bits per heavy atom. The van der Waals surface area contributed by atoms with Crippen LogP contribution >= 0.6 is 0 Å². The number of rotatable bonds is 6. The summed E-state index contributed by atoms with van der Waals surface area (Å²) < 4.78 is 37.2. The van der Waals surface area contributed by atoms with Crippen LogP contribution in [0.3, 0.4) is 0 Å². The van der Waals surface area contributed by atoms with Crippen LogP contribution in [-0.4, -0.2) is 63.2 Å². The van der Waals surface area contributed by atoms with Crippen LogP contribution in [0.2, 0.25) is 0 Å². The van der Waals surface area contributed by atoms with Gasteiger partial charge >= 0.3 is 0 Å². The lowest BCUT2D eigenvalue weighted by Crippen LogP contribution is -2.67. The molecule has 50 heavy (non-hydrogen) atoms. The minimum absolute atomic E-state index is 0.169. The predicted octanol–water partition coefficient (Wildman–Crippen LogP) is 10.4. The molecule has 4 nitrogen and oxygen atoms in total. The van der Waals surface area contributed by atoms with Gasteiger partial charge in [-0.3, -0.25) is 4.39 Å². The van der Waals surface area contributed by atoms with Gasteiger partial charge in [0.15, 0.2) is 9.84 Å². The van der Waals surface area contributed by atoms with E-state index < -0.39 is 9.84 Å². The highest BCUT2D eigenvalue weighted by molar-refractivity contribution is 7.91. The number of alkyl halides is 1. The fourth-order valence-electron chi connectivity index (χ4n) is 13.7. The van der Waals surface area contributed by atoms with E-state index in [2.05, 4.69) is 63.6 Å². The molecule has 6 aliphatic carbocycles. The number of hydrogen-bond acceptors (Lipinski definition) is 4. The highest BCUT2D eigenvalue weighted by atomic mass is 32.2. The number of fused-ring (bicyclic) bond motifs is 7. The van der Waals surface area contributed by atoms with E-state index in [4.69, 9.17) is 0 Å². The van der Waals surface area contributed by atoms with Crippen molar-refractivity contribution < 1.29 is 12.8 Å². The molecule has 7 rings (SSSR count). The molecule has 0 radical (unpaired) electrons. The summed E-state index contributed by atoms with van der Waals surface area (Å²) in [5.74, 6) is 3.96. The Kier molecular flexibility index (Phi) is 12.4. The molecule has 5 fully saturated rings. The van der Waals surface area contributed by atoms with Crippen molar-refractivity contribution in [3.05, 3.63) is 36.0 Å². The Balaban J connectivity index is 0.000000924. The lowest BCUT2D eigenvalue weighted by molar-refractivity contribution is -0.218. The first kappa shape index (κ1) is 40.2. The zero-order chi connectivity index (χ0) is 36.6. The Morgan fingerprint density at radius 3 is 2.24 bits per heavy atom. The predicted molar refractivity (Wildman–Crippen MR) is 211 cm³/mol. The van der Waals surface area contributed by atoms with Gasteiger partial charge in [-0.2, -0.15) is 0 Å². The summed E-state index contributed by atoms with van der Waals surface area (Å²) in [6.07, 6.45) is 23.3. The van der Waals surface area contributed by atoms with Gasteiger partial charge < -0.3 is 10.2 Å². The van der Waals surface area contributed by atoms with Crippen LogP contribution in [0.4, 0.5) is 4.39 Å². The standard InChI is InChI=1S/C39H63FN2O2S.C3H6.C2H6/c1-35(2)30(29-10-8-28(27-40)9-11-29)14-17-36(3)33(35)15-18-38(5)34(36)13-12-31-32-7-6-16-39(32,20-19-37(31,38)4)41-21-22-42-23-25-45(43,44)26-24-42;1-3-2;1-2/h10,14,28,31-34,41H,6-9,11-13,15-27H2,1-5H3;3H,1H2,2H3;1-2H3/t28?,31?,32-,33?,34?,36?,37-,38?,39?;;/m1../s1. The first-order chi connectivity index (χ1) is 23.7. The molecule has 7 aliphatic rings. The number of sulfone groups is 1. The highest BCUT2D eigenvalue weighted by Crippen LogP contribution is 2.76. The topological polar surface area (TPSA) is 49.4 Å². The van der Waals surface area contributed by atoms with E-state index in [1.165, 1.54) is 64.2 Å². The molecule has 1 aliphatic heterocycles. The van der Waals surface area contributed by atoms with Crippen molar-refractivity contribution in [2.24, 2.45) is 51.2 Å². The number of hydrogen-bond donors (Lipinski definition) is 1. The minimum atomic E-state index is -2.82.